The summed E-state index contributed by atoms with van der Waals surface area (Å²) in [4.78, 5) is 16.0. The topological polar surface area (TPSA) is 42.0 Å². The van der Waals surface area contributed by atoms with E-state index < -0.39 is 23.7 Å². The number of hydrogen-bond donors (Lipinski definition) is 1. The largest absolute Gasteiger partial charge is 0.398 e. The number of carbonyl (C=O) groups excluding carboxylic acids is 1. The van der Waals surface area contributed by atoms with Gasteiger partial charge in [0.2, 0.25) is 0 Å². The number of halogens is 5. The lowest BCUT2D eigenvalue weighted by Crippen LogP contribution is -2.15. The molecule has 0 aliphatic rings. The number of rotatable bonds is 4. The predicted octanol–water partition coefficient (Wildman–Crippen LogP) is 4.78. The lowest BCUT2D eigenvalue weighted by atomic mass is 10.2. The number of amides is 1. The highest BCUT2D eigenvalue weighted by Crippen LogP contribution is 2.28. The fourth-order valence-electron chi connectivity index (χ4n) is 1.60. The van der Waals surface area contributed by atoms with Gasteiger partial charge in [-0.25, -0.2) is 9.37 Å². The van der Waals surface area contributed by atoms with Crippen molar-refractivity contribution in [2.45, 2.75) is 11.2 Å². The number of alkyl halides is 3. The van der Waals surface area contributed by atoms with Gasteiger partial charge in [-0.1, -0.05) is 23.4 Å². The monoisotopic (exact) mass is 364 g/mol. The van der Waals surface area contributed by atoms with Gasteiger partial charge in [0.1, 0.15) is 10.8 Å². The van der Waals surface area contributed by atoms with E-state index in [-0.39, 0.29) is 21.3 Å². The summed E-state index contributed by atoms with van der Waals surface area (Å²) in [6, 6.07) is 6.35. The highest BCUT2D eigenvalue weighted by molar-refractivity contribution is 7.99. The summed E-state index contributed by atoms with van der Waals surface area (Å²) < 4.78 is 50.0. The molecule has 1 amide bonds. The lowest BCUT2D eigenvalue weighted by molar-refractivity contribution is -0.105. The predicted molar refractivity (Wildman–Crippen MR) is 80.4 cm³/mol. The Hall–Kier alpha value is -1.80. The Morgan fingerprint density at radius 3 is 2.70 bits per heavy atom. The fourth-order valence-corrected chi connectivity index (χ4v) is 2.53. The Balaban J connectivity index is 2.17. The molecule has 0 atom stereocenters. The van der Waals surface area contributed by atoms with E-state index in [0.29, 0.717) is 11.8 Å². The van der Waals surface area contributed by atoms with Crippen molar-refractivity contribution in [2.24, 2.45) is 0 Å². The van der Waals surface area contributed by atoms with E-state index in [4.69, 9.17) is 11.6 Å². The smallest absolute Gasteiger partial charge is 0.322 e. The molecular weight excluding hydrogens is 356 g/mol. The molecule has 1 heterocycles. The molecule has 0 saturated heterocycles. The second-order valence-electron chi connectivity index (χ2n) is 4.34. The van der Waals surface area contributed by atoms with Crippen LogP contribution in [-0.2, 0) is 0 Å². The third kappa shape index (κ3) is 5.11. The fraction of sp³-hybridized carbons (Fsp3) is 0.143. The van der Waals surface area contributed by atoms with Crippen molar-refractivity contribution in [1.29, 1.82) is 0 Å². The zero-order chi connectivity index (χ0) is 17.0. The Labute approximate surface area is 138 Å². The molecule has 3 nitrogen and oxygen atoms in total. The zero-order valence-electron chi connectivity index (χ0n) is 11.3. The summed E-state index contributed by atoms with van der Waals surface area (Å²) in [6.07, 6.45) is -3.08. The number of anilines is 1. The molecule has 0 aliphatic heterocycles. The highest BCUT2D eigenvalue weighted by Gasteiger charge is 2.28. The minimum atomic E-state index is -4.37. The van der Waals surface area contributed by atoms with Crippen LogP contribution in [0.15, 0.2) is 41.6 Å². The number of pyridine rings is 1. The van der Waals surface area contributed by atoms with Gasteiger partial charge >= 0.3 is 6.18 Å². The van der Waals surface area contributed by atoms with Crippen LogP contribution in [0.25, 0.3) is 0 Å². The second-order valence-corrected chi connectivity index (χ2v) is 5.71. The average Bonchev–Trinajstić information content (AvgIpc) is 2.48. The SMILES string of the molecule is O=C(Nc1ccc(F)c(Cl)c1)c1cccnc1SCC(F)(F)F. The Bertz CT molecular complexity index is 724. The number of aromatic nitrogens is 1. The van der Waals surface area contributed by atoms with Crippen molar-refractivity contribution >= 4 is 35.0 Å². The van der Waals surface area contributed by atoms with Crippen LogP contribution in [0.5, 0.6) is 0 Å². The minimum Gasteiger partial charge on any atom is -0.322 e. The van der Waals surface area contributed by atoms with Gasteiger partial charge in [0.05, 0.1) is 16.3 Å². The summed E-state index contributed by atoms with van der Waals surface area (Å²) in [5.74, 6) is -2.47. The van der Waals surface area contributed by atoms with Crippen molar-refractivity contribution in [3.63, 3.8) is 0 Å². The second kappa shape index (κ2) is 7.18. The van der Waals surface area contributed by atoms with Crippen LogP contribution < -0.4 is 5.32 Å². The van der Waals surface area contributed by atoms with Crippen molar-refractivity contribution < 1.29 is 22.4 Å². The average molecular weight is 365 g/mol. The molecule has 1 N–H and O–H groups in total. The van der Waals surface area contributed by atoms with Crippen molar-refractivity contribution in [2.75, 3.05) is 11.1 Å². The highest BCUT2D eigenvalue weighted by atomic mass is 35.5. The quantitative estimate of drug-likeness (QED) is 0.627. The van der Waals surface area contributed by atoms with Crippen molar-refractivity contribution in [3.8, 4) is 0 Å². The standard InChI is InChI=1S/C14H9ClF4N2OS/c15-10-6-8(3-4-11(10)16)21-12(22)9-2-1-5-20-13(9)23-7-14(17,18)19/h1-6H,7H2,(H,21,22). The van der Waals surface area contributed by atoms with Crippen LogP contribution in [0.1, 0.15) is 10.4 Å². The molecule has 0 radical (unpaired) electrons. The van der Waals surface area contributed by atoms with Crippen LogP contribution in [-0.4, -0.2) is 22.8 Å². The number of carbonyl (C=O) groups is 1. The summed E-state index contributed by atoms with van der Waals surface area (Å²) in [7, 11) is 0. The van der Waals surface area contributed by atoms with Crippen molar-refractivity contribution in [1.82, 2.24) is 4.98 Å². The van der Waals surface area contributed by atoms with E-state index in [9.17, 15) is 22.4 Å². The van der Waals surface area contributed by atoms with E-state index in [0.717, 1.165) is 6.07 Å². The molecule has 0 unspecified atom stereocenters. The summed E-state index contributed by atoms with van der Waals surface area (Å²) in [5, 5.41) is 2.21. The van der Waals surface area contributed by atoms with Gasteiger partial charge in [0.25, 0.3) is 5.91 Å². The van der Waals surface area contributed by atoms with E-state index in [1.54, 1.807) is 0 Å². The third-order valence-electron chi connectivity index (χ3n) is 2.57. The van der Waals surface area contributed by atoms with Crippen LogP contribution in [0.4, 0.5) is 23.2 Å². The minimum absolute atomic E-state index is 0.0119. The van der Waals surface area contributed by atoms with Gasteiger partial charge in [-0.2, -0.15) is 13.2 Å². The van der Waals surface area contributed by atoms with Gasteiger partial charge in [-0.3, -0.25) is 4.79 Å². The molecule has 2 aromatic rings. The molecule has 0 spiro atoms. The number of nitrogens with one attached hydrogen (secondary N) is 1. The van der Waals surface area contributed by atoms with E-state index in [1.807, 2.05) is 0 Å². The third-order valence-corrected chi connectivity index (χ3v) is 3.93. The zero-order valence-corrected chi connectivity index (χ0v) is 12.9. The Morgan fingerprint density at radius 2 is 2.04 bits per heavy atom. The van der Waals surface area contributed by atoms with E-state index >= 15 is 0 Å². The Morgan fingerprint density at radius 1 is 1.30 bits per heavy atom. The molecule has 1 aromatic heterocycles. The van der Waals surface area contributed by atoms with E-state index in [1.165, 1.54) is 30.5 Å². The first-order valence-electron chi connectivity index (χ1n) is 6.17. The van der Waals surface area contributed by atoms with Gasteiger partial charge in [-0.15, -0.1) is 0 Å². The van der Waals surface area contributed by atoms with E-state index in [2.05, 4.69) is 10.3 Å². The van der Waals surface area contributed by atoms with Gasteiger partial charge in [0, 0.05) is 11.9 Å². The molecule has 0 aliphatic carbocycles. The number of hydrogen-bond acceptors (Lipinski definition) is 3. The van der Waals surface area contributed by atoms with Crippen LogP contribution in [0.2, 0.25) is 5.02 Å². The molecule has 1 aromatic carbocycles. The summed E-state index contributed by atoms with van der Waals surface area (Å²) in [5.41, 5.74) is 0.208. The van der Waals surface area contributed by atoms with Gasteiger partial charge in [-0.05, 0) is 30.3 Å². The van der Waals surface area contributed by atoms with Gasteiger partial charge < -0.3 is 5.32 Å². The molecular formula is C14H9ClF4N2OS. The van der Waals surface area contributed by atoms with Crippen LogP contribution in [0.3, 0.4) is 0 Å². The molecule has 0 bridgehead atoms. The molecule has 0 saturated carbocycles. The number of benzene rings is 1. The normalized spacial score (nSPS) is 11.3. The molecule has 2 rings (SSSR count). The number of thioether (sulfide) groups is 1. The summed E-state index contributed by atoms with van der Waals surface area (Å²) in [6.45, 7) is 0. The maximum atomic E-state index is 13.1. The lowest BCUT2D eigenvalue weighted by Gasteiger charge is -2.10. The maximum Gasteiger partial charge on any atom is 0.398 e. The first-order valence-corrected chi connectivity index (χ1v) is 7.53. The van der Waals surface area contributed by atoms with Crippen LogP contribution in [0, 0.1) is 5.82 Å². The van der Waals surface area contributed by atoms with Crippen molar-refractivity contribution in [3.05, 3.63) is 52.9 Å². The summed E-state index contributed by atoms with van der Waals surface area (Å²) >= 11 is 6.02. The van der Waals surface area contributed by atoms with Crippen LogP contribution >= 0.6 is 23.4 Å². The first-order chi connectivity index (χ1) is 10.8. The number of nitrogens with zero attached hydrogens (tertiary/aromatic N) is 1. The van der Waals surface area contributed by atoms with Gasteiger partial charge in [0.15, 0.2) is 0 Å². The first kappa shape index (κ1) is 17.6. The maximum absolute atomic E-state index is 13.1. The molecule has 9 heteroatoms. The molecule has 23 heavy (non-hydrogen) atoms. The Kier molecular flexibility index (Phi) is 5.48. The molecule has 122 valence electrons. The molecule has 0 fully saturated rings.